The highest BCUT2D eigenvalue weighted by Crippen LogP contribution is 2.28. The molecule has 0 aliphatic carbocycles. The number of nitrogens with zero attached hydrogens (tertiary/aromatic N) is 1. The topological polar surface area (TPSA) is 67.9 Å². The minimum Gasteiger partial charge on any atom is -0.493 e. The molecule has 0 radical (unpaired) electrons. The molecule has 8 heteroatoms. The molecular weight excluding hydrogens is 382 g/mol. The molecule has 6 nitrogen and oxygen atoms in total. The van der Waals surface area contributed by atoms with Gasteiger partial charge in [0.2, 0.25) is 5.91 Å². The number of carbonyl (C=O) groups excluding carboxylic acids is 2. The van der Waals surface area contributed by atoms with Crippen LogP contribution >= 0.6 is 0 Å². The predicted molar refractivity (Wildman–Crippen MR) is 104 cm³/mol. The summed E-state index contributed by atoms with van der Waals surface area (Å²) in [4.78, 5) is 26.1. The summed E-state index contributed by atoms with van der Waals surface area (Å²) in [6.07, 6.45) is 0.0513. The fraction of sp³-hybridized carbons (Fsp3) is 0.333. The van der Waals surface area contributed by atoms with E-state index in [1.54, 1.807) is 24.1 Å². The number of hydrogen-bond acceptors (Lipinski definition) is 4. The first-order chi connectivity index (χ1) is 13.9. The lowest BCUT2D eigenvalue weighted by atomic mass is 10.1. The average Bonchev–Trinajstić information content (AvgIpc) is 2.71. The van der Waals surface area contributed by atoms with Gasteiger partial charge in [-0.05, 0) is 36.8 Å². The van der Waals surface area contributed by atoms with Crippen molar-refractivity contribution in [3.8, 4) is 11.5 Å². The summed E-state index contributed by atoms with van der Waals surface area (Å²) in [5, 5.41) is 2.48. The average molecular weight is 406 g/mol. The molecule has 0 spiro atoms. The van der Waals surface area contributed by atoms with Crippen molar-refractivity contribution < 1.29 is 27.8 Å². The molecule has 29 heavy (non-hydrogen) atoms. The van der Waals surface area contributed by atoms with E-state index in [0.29, 0.717) is 30.7 Å². The first kappa shape index (κ1) is 22.1. The normalized spacial score (nSPS) is 10.4. The van der Waals surface area contributed by atoms with Crippen LogP contribution in [0.2, 0.25) is 0 Å². The molecule has 0 aliphatic heterocycles. The van der Waals surface area contributed by atoms with Gasteiger partial charge in [-0.2, -0.15) is 0 Å². The molecule has 2 rings (SSSR count). The molecule has 0 unspecified atom stereocenters. The highest BCUT2D eigenvalue weighted by atomic mass is 19.1. The van der Waals surface area contributed by atoms with Crippen molar-refractivity contribution in [3.05, 3.63) is 59.2 Å². The first-order valence-electron chi connectivity index (χ1n) is 9.11. The van der Waals surface area contributed by atoms with Crippen LogP contribution in [0.15, 0.2) is 36.4 Å². The first-order valence-corrected chi connectivity index (χ1v) is 9.11. The molecular formula is C21H24F2N2O4. The molecule has 0 bridgehead atoms. The Labute approximate surface area is 168 Å². The third-order valence-corrected chi connectivity index (χ3v) is 4.36. The SMILES string of the molecule is CCN(Cc1ccc(OC)c(OC)c1)C(=O)CCNC(=O)c1ccc(F)cc1F. The van der Waals surface area contributed by atoms with Crippen LogP contribution in [0.4, 0.5) is 8.78 Å². The monoisotopic (exact) mass is 406 g/mol. The number of ether oxygens (including phenoxy) is 2. The molecule has 2 aromatic rings. The van der Waals surface area contributed by atoms with Crippen LogP contribution in [0.25, 0.3) is 0 Å². The van der Waals surface area contributed by atoms with E-state index in [9.17, 15) is 18.4 Å². The van der Waals surface area contributed by atoms with Crippen molar-refractivity contribution in [3.63, 3.8) is 0 Å². The molecule has 0 aromatic heterocycles. The largest absolute Gasteiger partial charge is 0.493 e. The Balaban J connectivity index is 1.92. The summed E-state index contributed by atoms with van der Waals surface area (Å²) in [5.74, 6) is -1.40. The van der Waals surface area contributed by atoms with E-state index in [1.807, 2.05) is 13.0 Å². The van der Waals surface area contributed by atoms with Crippen molar-refractivity contribution >= 4 is 11.8 Å². The van der Waals surface area contributed by atoms with Crippen LogP contribution in [0, 0.1) is 11.6 Å². The zero-order chi connectivity index (χ0) is 21.4. The Kier molecular flexibility index (Phi) is 7.94. The molecule has 0 saturated carbocycles. The number of benzene rings is 2. The zero-order valence-electron chi connectivity index (χ0n) is 16.6. The lowest BCUT2D eigenvalue weighted by Gasteiger charge is -2.22. The fourth-order valence-corrected chi connectivity index (χ4v) is 2.79. The Morgan fingerprint density at radius 1 is 1.03 bits per heavy atom. The van der Waals surface area contributed by atoms with Gasteiger partial charge in [-0.15, -0.1) is 0 Å². The Hall–Kier alpha value is -3.16. The van der Waals surface area contributed by atoms with Crippen LogP contribution in [-0.2, 0) is 11.3 Å². The van der Waals surface area contributed by atoms with Crippen molar-refractivity contribution in [1.29, 1.82) is 0 Å². The standard InChI is InChI=1S/C21H24F2N2O4/c1-4-25(13-14-5-8-18(28-2)19(11-14)29-3)20(26)9-10-24-21(27)16-7-6-15(22)12-17(16)23/h5-8,11-12H,4,9-10,13H2,1-3H3,(H,24,27). The van der Waals surface area contributed by atoms with Crippen molar-refractivity contribution in [2.75, 3.05) is 27.3 Å². The quantitative estimate of drug-likeness (QED) is 0.695. The Morgan fingerprint density at radius 3 is 2.38 bits per heavy atom. The third kappa shape index (κ3) is 5.91. The summed E-state index contributed by atoms with van der Waals surface area (Å²) in [7, 11) is 3.09. The number of carbonyl (C=O) groups is 2. The predicted octanol–water partition coefficient (Wildman–Crippen LogP) is 3.15. The minimum absolute atomic E-state index is 0.0386. The van der Waals surface area contributed by atoms with Gasteiger partial charge < -0.3 is 19.7 Å². The van der Waals surface area contributed by atoms with Gasteiger partial charge in [0.15, 0.2) is 11.5 Å². The molecule has 0 atom stereocenters. The van der Waals surface area contributed by atoms with Crippen molar-refractivity contribution in [1.82, 2.24) is 10.2 Å². The summed E-state index contributed by atoms with van der Waals surface area (Å²) < 4.78 is 37.0. The Morgan fingerprint density at radius 2 is 1.76 bits per heavy atom. The van der Waals surface area contributed by atoms with Gasteiger partial charge in [0.05, 0.1) is 19.8 Å². The molecule has 1 N–H and O–H groups in total. The van der Waals surface area contributed by atoms with Crippen LogP contribution in [0.1, 0.15) is 29.3 Å². The second-order valence-electron chi connectivity index (χ2n) is 6.23. The molecule has 2 aromatic carbocycles. The summed E-state index contributed by atoms with van der Waals surface area (Å²) in [6, 6.07) is 8.12. The van der Waals surface area contributed by atoms with Crippen LogP contribution in [0.3, 0.4) is 0 Å². The van der Waals surface area contributed by atoms with Gasteiger partial charge in [0, 0.05) is 32.1 Å². The van der Waals surface area contributed by atoms with E-state index in [-0.39, 0.29) is 24.4 Å². The van der Waals surface area contributed by atoms with Gasteiger partial charge in [0.1, 0.15) is 11.6 Å². The van der Waals surface area contributed by atoms with Gasteiger partial charge in [-0.25, -0.2) is 8.78 Å². The fourth-order valence-electron chi connectivity index (χ4n) is 2.79. The van der Waals surface area contributed by atoms with Crippen LogP contribution in [-0.4, -0.2) is 44.0 Å². The van der Waals surface area contributed by atoms with E-state index in [0.717, 1.165) is 17.7 Å². The molecule has 0 fully saturated rings. The van der Waals surface area contributed by atoms with Gasteiger partial charge in [0.25, 0.3) is 5.91 Å². The van der Waals surface area contributed by atoms with Gasteiger partial charge in [-0.3, -0.25) is 9.59 Å². The maximum atomic E-state index is 13.6. The van der Waals surface area contributed by atoms with Crippen molar-refractivity contribution in [2.45, 2.75) is 19.9 Å². The maximum Gasteiger partial charge on any atom is 0.254 e. The van der Waals surface area contributed by atoms with Crippen LogP contribution < -0.4 is 14.8 Å². The lowest BCUT2D eigenvalue weighted by molar-refractivity contribution is -0.131. The third-order valence-electron chi connectivity index (χ3n) is 4.36. The molecule has 156 valence electrons. The summed E-state index contributed by atoms with van der Waals surface area (Å²) in [6.45, 7) is 2.74. The van der Waals surface area contributed by atoms with E-state index in [4.69, 9.17) is 9.47 Å². The van der Waals surface area contributed by atoms with E-state index < -0.39 is 17.5 Å². The second-order valence-corrected chi connectivity index (χ2v) is 6.23. The van der Waals surface area contributed by atoms with E-state index in [1.165, 1.54) is 7.11 Å². The highest BCUT2D eigenvalue weighted by Gasteiger charge is 2.16. The number of methoxy groups -OCH3 is 2. The van der Waals surface area contributed by atoms with Gasteiger partial charge >= 0.3 is 0 Å². The van der Waals surface area contributed by atoms with E-state index >= 15 is 0 Å². The second kappa shape index (κ2) is 10.4. The number of hydrogen-bond donors (Lipinski definition) is 1. The maximum absolute atomic E-state index is 13.6. The summed E-state index contributed by atoms with van der Waals surface area (Å²) in [5.41, 5.74) is 0.604. The zero-order valence-corrected chi connectivity index (χ0v) is 16.6. The minimum atomic E-state index is -0.947. The Bertz CT molecular complexity index is 874. The number of halogens is 2. The summed E-state index contributed by atoms with van der Waals surface area (Å²) >= 11 is 0. The number of rotatable bonds is 9. The highest BCUT2D eigenvalue weighted by molar-refractivity contribution is 5.94. The van der Waals surface area contributed by atoms with Crippen LogP contribution in [0.5, 0.6) is 11.5 Å². The van der Waals surface area contributed by atoms with E-state index in [2.05, 4.69) is 5.32 Å². The molecule has 0 saturated heterocycles. The van der Waals surface area contributed by atoms with Crippen molar-refractivity contribution in [2.24, 2.45) is 0 Å². The molecule has 0 heterocycles. The lowest BCUT2D eigenvalue weighted by Crippen LogP contribution is -2.34. The number of amides is 2. The van der Waals surface area contributed by atoms with Gasteiger partial charge in [-0.1, -0.05) is 6.07 Å². The molecule has 2 amide bonds. The number of nitrogens with one attached hydrogen (secondary N) is 1. The molecule has 0 aliphatic rings. The smallest absolute Gasteiger partial charge is 0.254 e.